The summed E-state index contributed by atoms with van der Waals surface area (Å²) in [6.07, 6.45) is 2.77. The van der Waals surface area contributed by atoms with Crippen LogP contribution in [-0.2, 0) is 0 Å². The SMILES string of the molecule is Cc1cccc(C)c1NC(=O)c1cncc(C(=O)Nc2ccc(F)cc2)c1. The number of anilines is 2. The number of nitrogens with zero attached hydrogens (tertiary/aromatic N) is 1. The Kier molecular flexibility index (Phi) is 5.26. The zero-order valence-electron chi connectivity index (χ0n) is 14.9. The molecular formula is C21H18FN3O2. The summed E-state index contributed by atoms with van der Waals surface area (Å²) in [5.41, 5.74) is 3.58. The summed E-state index contributed by atoms with van der Waals surface area (Å²) in [6.45, 7) is 3.82. The van der Waals surface area contributed by atoms with Gasteiger partial charge in [0.05, 0.1) is 11.1 Å². The smallest absolute Gasteiger partial charge is 0.257 e. The van der Waals surface area contributed by atoms with Crippen molar-refractivity contribution in [1.82, 2.24) is 4.98 Å². The Labute approximate surface area is 156 Å². The van der Waals surface area contributed by atoms with Crippen LogP contribution in [0.15, 0.2) is 60.9 Å². The van der Waals surface area contributed by atoms with Gasteiger partial charge in [-0.1, -0.05) is 18.2 Å². The number of benzene rings is 2. The lowest BCUT2D eigenvalue weighted by Crippen LogP contribution is -2.17. The topological polar surface area (TPSA) is 71.1 Å². The van der Waals surface area contributed by atoms with Crippen molar-refractivity contribution < 1.29 is 14.0 Å². The Morgan fingerprint density at radius 2 is 1.41 bits per heavy atom. The summed E-state index contributed by atoms with van der Waals surface area (Å²) in [7, 11) is 0. The molecule has 0 bridgehead atoms. The second-order valence-corrected chi connectivity index (χ2v) is 6.14. The summed E-state index contributed by atoms with van der Waals surface area (Å²) in [4.78, 5) is 28.9. The average molecular weight is 363 g/mol. The van der Waals surface area contributed by atoms with Gasteiger partial charge in [-0.05, 0) is 55.3 Å². The van der Waals surface area contributed by atoms with Gasteiger partial charge in [0.1, 0.15) is 5.82 Å². The number of amides is 2. The number of carbonyl (C=O) groups excluding carboxylic acids is 2. The zero-order chi connectivity index (χ0) is 19.4. The van der Waals surface area contributed by atoms with E-state index >= 15 is 0 Å². The number of halogens is 1. The number of hydrogen-bond donors (Lipinski definition) is 2. The molecule has 2 aromatic carbocycles. The molecule has 3 aromatic rings. The Morgan fingerprint density at radius 3 is 2.00 bits per heavy atom. The largest absolute Gasteiger partial charge is 0.322 e. The first kappa shape index (κ1) is 18.3. The van der Waals surface area contributed by atoms with Crippen LogP contribution in [0.2, 0.25) is 0 Å². The maximum absolute atomic E-state index is 13.0. The minimum Gasteiger partial charge on any atom is -0.322 e. The van der Waals surface area contributed by atoms with Gasteiger partial charge < -0.3 is 10.6 Å². The average Bonchev–Trinajstić information content (AvgIpc) is 2.66. The van der Waals surface area contributed by atoms with E-state index in [-0.39, 0.29) is 22.9 Å². The van der Waals surface area contributed by atoms with Crippen molar-refractivity contribution in [2.24, 2.45) is 0 Å². The lowest BCUT2D eigenvalue weighted by molar-refractivity contribution is 0.102. The van der Waals surface area contributed by atoms with Crippen LogP contribution in [-0.4, -0.2) is 16.8 Å². The lowest BCUT2D eigenvalue weighted by atomic mass is 10.1. The first-order chi connectivity index (χ1) is 12.9. The summed E-state index contributed by atoms with van der Waals surface area (Å²) in [5.74, 6) is -1.17. The fourth-order valence-corrected chi connectivity index (χ4v) is 2.62. The number of nitrogens with one attached hydrogen (secondary N) is 2. The lowest BCUT2D eigenvalue weighted by Gasteiger charge is -2.12. The maximum Gasteiger partial charge on any atom is 0.257 e. The third-order valence-electron chi connectivity index (χ3n) is 4.08. The van der Waals surface area contributed by atoms with Gasteiger partial charge >= 0.3 is 0 Å². The van der Waals surface area contributed by atoms with Crippen LogP contribution in [0.5, 0.6) is 0 Å². The third kappa shape index (κ3) is 4.36. The Hall–Kier alpha value is -3.54. The van der Waals surface area contributed by atoms with E-state index in [1.807, 2.05) is 32.0 Å². The summed E-state index contributed by atoms with van der Waals surface area (Å²) in [6, 6.07) is 12.6. The molecule has 0 fully saturated rings. The van der Waals surface area contributed by atoms with Crippen molar-refractivity contribution >= 4 is 23.2 Å². The van der Waals surface area contributed by atoms with Crippen molar-refractivity contribution in [2.45, 2.75) is 13.8 Å². The minimum atomic E-state index is -0.434. The van der Waals surface area contributed by atoms with Gasteiger partial charge in [0.25, 0.3) is 11.8 Å². The molecule has 0 spiro atoms. The molecule has 2 amide bonds. The Morgan fingerprint density at radius 1 is 0.852 bits per heavy atom. The van der Waals surface area contributed by atoms with Crippen LogP contribution in [0.25, 0.3) is 0 Å². The quantitative estimate of drug-likeness (QED) is 0.724. The van der Waals surface area contributed by atoms with E-state index in [0.717, 1.165) is 16.8 Å². The van der Waals surface area contributed by atoms with Crippen LogP contribution < -0.4 is 10.6 Å². The number of para-hydroxylation sites is 1. The van der Waals surface area contributed by atoms with E-state index in [9.17, 15) is 14.0 Å². The van der Waals surface area contributed by atoms with Gasteiger partial charge in [0.15, 0.2) is 0 Å². The van der Waals surface area contributed by atoms with Crippen LogP contribution in [0.4, 0.5) is 15.8 Å². The highest BCUT2D eigenvalue weighted by atomic mass is 19.1. The molecule has 1 heterocycles. The van der Waals surface area contributed by atoms with E-state index in [4.69, 9.17) is 0 Å². The van der Waals surface area contributed by atoms with Crippen molar-refractivity contribution in [3.63, 3.8) is 0 Å². The number of aryl methyl sites for hydroxylation is 2. The fourth-order valence-electron chi connectivity index (χ4n) is 2.62. The predicted molar refractivity (Wildman–Crippen MR) is 102 cm³/mol. The first-order valence-corrected chi connectivity index (χ1v) is 8.33. The van der Waals surface area contributed by atoms with Crippen molar-refractivity contribution in [1.29, 1.82) is 0 Å². The van der Waals surface area contributed by atoms with Gasteiger partial charge in [-0.2, -0.15) is 0 Å². The first-order valence-electron chi connectivity index (χ1n) is 8.33. The van der Waals surface area contributed by atoms with Gasteiger partial charge in [-0.25, -0.2) is 4.39 Å². The Bertz CT molecular complexity index is 980. The molecule has 2 N–H and O–H groups in total. The molecule has 0 aliphatic carbocycles. The molecular weight excluding hydrogens is 345 g/mol. The highest BCUT2D eigenvalue weighted by Gasteiger charge is 2.13. The molecule has 5 nitrogen and oxygen atoms in total. The molecule has 0 saturated carbocycles. The molecule has 27 heavy (non-hydrogen) atoms. The molecule has 136 valence electrons. The van der Waals surface area contributed by atoms with Crippen LogP contribution in [0.3, 0.4) is 0 Å². The third-order valence-corrected chi connectivity index (χ3v) is 4.08. The van der Waals surface area contributed by atoms with Gasteiger partial charge in [-0.15, -0.1) is 0 Å². The molecule has 6 heteroatoms. The highest BCUT2D eigenvalue weighted by Crippen LogP contribution is 2.20. The minimum absolute atomic E-state index is 0.230. The molecule has 0 unspecified atom stereocenters. The molecule has 3 rings (SSSR count). The molecule has 0 aliphatic heterocycles. The fraction of sp³-hybridized carbons (Fsp3) is 0.0952. The summed E-state index contributed by atoms with van der Waals surface area (Å²) < 4.78 is 13.0. The number of rotatable bonds is 4. The van der Waals surface area contributed by atoms with Crippen molar-refractivity contribution in [3.8, 4) is 0 Å². The maximum atomic E-state index is 13.0. The van der Waals surface area contributed by atoms with Crippen LogP contribution in [0, 0.1) is 19.7 Å². The van der Waals surface area contributed by atoms with Gasteiger partial charge in [-0.3, -0.25) is 14.6 Å². The summed E-state index contributed by atoms with van der Waals surface area (Å²) in [5, 5.41) is 5.51. The van der Waals surface area contributed by atoms with E-state index in [0.29, 0.717) is 5.69 Å². The number of carbonyl (C=O) groups is 2. The summed E-state index contributed by atoms with van der Waals surface area (Å²) >= 11 is 0. The molecule has 1 aromatic heterocycles. The monoisotopic (exact) mass is 363 g/mol. The van der Waals surface area contributed by atoms with Gasteiger partial charge in [0.2, 0.25) is 0 Å². The van der Waals surface area contributed by atoms with E-state index < -0.39 is 5.91 Å². The number of pyridine rings is 1. The van der Waals surface area contributed by atoms with Crippen LogP contribution >= 0.6 is 0 Å². The molecule has 0 saturated heterocycles. The van der Waals surface area contributed by atoms with Crippen molar-refractivity contribution in [2.75, 3.05) is 10.6 Å². The van der Waals surface area contributed by atoms with Crippen molar-refractivity contribution in [3.05, 3.63) is 89.0 Å². The van der Waals surface area contributed by atoms with E-state index in [1.165, 1.54) is 42.7 Å². The number of hydrogen-bond acceptors (Lipinski definition) is 3. The standard InChI is InChI=1S/C21H18FN3O2/c1-13-4-3-5-14(2)19(13)25-21(27)16-10-15(11-23-12-16)20(26)24-18-8-6-17(22)7-9-18/h3-12H,1-2H3,(H,24,26)(H,25,27). The normalized spacial score (nSPS) is 10.3. The van der Waals surface area contributed by atoms with E-state index in [1.54, 1.807) is 0 Å². The second-order valence-electron chi connectivity index (χ2n) is 6.14. The highest BCUT2D eigenvalue weighted by molar-refractivity contribution is 6.08. The second kappa shape index (κ2) is 7.78. The molecule has 0 aliphatic rings. The van der Waals surface area contributed by atoms with Gasteiger partial charge in [0, 0.05) is 23.8 Å². The molecule has 0 atom stereocenters. The van der Waals surface area contributed by atoms with Crippen LogP contribution in [0.1, 0.15) is 31.8 Å². The molecule has 0 radical (unpaired) electrons. The predicted octanol–water partition coefficient (Wildman–Crippen LogP) is 4.34. The zero-order valence-corrected chi connectivity index (χ0v) is 14.9. The Balaban J connectivity index is 1.77. The van der Waals surface area contributed by atoms with E-state index in [2.05, 4.69) is 15.6 Å². The number of aromatic nitrogens is 1.